The molecule has 0 aromatic heterocycles. The molecule has 0 unspecified atom stereocenters. The zero-order chi connectivity index (χ0) is 21.4. The maximum absolute atomic E-state index is 12.7. The molecule has 4 aromatic rings. The van der Waals surface area contributed by atoms with Crippen LogP contribution in [0.2, 0.25) is 0 Å². The van der Waals surface area contributed by atoms with E-state index in [1.807, 2.05) is 42.5 Å². The van der Waals surface area contributed by atoms with Crippen LogP contribution >= 0.6 is 0 Å². The zero-order valence-corrected chi connectivity index (χ0v) is 17.2. The Bertz CT molecular complexity index is 1340. The van der Waals surface area contributed by atoms with Gasteiger partial charge in [0.1, 0.15) is 17.3 Å². The lowest BCUT2D eigenvalue weighted by Crippen LogP contribution is -1.99. The van der Waals surface area contributed by atoms with Crippen molar-refractivity contribution in [2.75, 3.05) is 14.2 Å². The quantitative estimate of drug-likeness (QED) is 0.236. The van der Waals surface area contributed by atoms with E-state index in [9.17, 15) is 4.79 Å². The van der Waals surface area contributed by atoms with E-state index in [4.69, 9.17) is 14.2 Å². The molecule has 1 aliphatic heterocycles. The molecule has 0 spiro atoms. The topological polar surface area (TPSA) is 44.8 Å². The van der Waals surface area contributed by atoms with Crippen LogP contribution in [0.4, 0.5) is 0 Å². The van der Waals surface area contributed by atoms with E-state index in [-0.39, 0.29) is 5.97 Å². The highest BCUT2D eigenvalue weighted by Crippen LogP contribution is 2.37. The van der Waals surface area contributed by atoms with E-state index < -0.39 is 0 Å². The number of hydrogen-bond donors (Lipinski definition) is 0. The number of benzene rings is 4. The molecule has 0 bridgehead atoms. The minimum atomic E-state index is -0.384. The number of esters is 1. The SMILES string of the molecule is COc1ccc(C2=C/C(=C\c3c4ccccc4cc4ccccc34)C(=O)O2)c(OC)c1. The third-order valence-corrected chi connectivity index (χ3v) is 5.51. The molecule has 0 radical (unpaired) electrons. The van der Waals surface area contributed by atoms with Crippen LogP contribution < -0.4 is 9.47 Å². The smallest absolute Gasteiger partial charge is 0.343 e. The minimum Gasteiger partial charge on any atom is -0.497 e. The molecule has 4 nitrogen and oxygen atoms in total. The van der Waals surface area contributed by atoms with Gasteiger partial charge in [0.15, 0.2) is 0 Å². The molecule has 4 aromatic carbocycles. The van der Waals surface area contributed by atoms with E-state index in [2.05, 4.69) is 30.3 Å². The van der Waals surface area contributed by atoms with Crippen molar-refractivity contribution in [1.82, 2.24) is 0 Å². The summed E-state index contributed by atoms with van der Waals surface area (Å²) >= 11 is 0. The number of ether oxygens (including phenoxy) is 3. The maximum atomic E-state index is 12.7. The van der Waals surface area contributed by atoms with Gasteiger partial charge in [-0.25, -0.2) is 4.79 Å². The van der Waals surface area contributed by atoms with E-state index in [1.165, 1.54) is 0 Å². The third-order valence-electron chi connectivity index (χ3n) is 5.51. The first kappa shape index (κ1) is 18.9. The van der Waals surface area contributed by atoms with Crippen molar-refractivity contribution < 1.29 is 19.0 Å². The van der Waals surface area contributed by atoms with Crippen molar-refractivity contribution in [2.45, 2.75) is 0 Å². The van der Waals surface area contributed by atoms with Gasteiger partial charge in [-0.3, -0.25) is 0 Å². The van der Waals surface area contributed by atoms with Crippen LogP contribution in [-0.2, 0) is 9.53 Å². The van der Waals surface area contributed by atoms with Crippen molar-refractivity contribution in [1.29, 1.82) is 0 Å². The Morgan fingerprint density at radius 3 is 2.13 bits per heavy atom. The standard InChI is InChI=1S/C27H20O4/c1-29-20-11-12-23(25(16-20)30-2)26-15-19(27(28)31-26)14-24-21-9-5-3-7-17(21)13-18-8-4-6-10-22(18)24/h3-16H,1-2H3/b19-14+. The van der Waals surface area contributed by atoms with Gasteiger partial charge in [-0.2, -0.15) is 0 Å². The number of carbonyl (C=O) groups is 1. The van der Waals surface area contributed by atoms with Gasteiger partial charge in [0, 0.05) is 6.07 Å². The fourth-order valence-electron chi connectivity index (χ4n) is 3.98. The second-order valence-electron chi connectivity index (χ2n) is 7.30. The summed E-state index contributed by atoms with van der Waals surface area (Å²) in [4.78, 5) is 12.7. The van der Waals surface area contributed by atoms with Gasteiger partial charge in [-0.15, -0.1) is 0 Å². The van der Waals surface area contributed by atoms with E-state index in [1.54, 1.807) is 26.4 Å². The van der Waals surface area contributed by atoms with Gasteiger partial charge in [-0.05, 0) is 57.5 Å². The Morgan fingerprint density at radius 2 is 1.48 bits per heavy atom. The average molecular weight is 408 g/mol. The zero-order valence-electron chi connectivity index (χ0n) is 17.2. The number of cyclic esters (lactones) is 1. The molecule has 4 heteroatoms. The molecular formula is C27H20O4. The van der Waals surface area contributed by atoms with Crippen LogP contribution in [0.5, 0.6) is 11.5 Å². The molecule has 0 atom stereocenters. The first-order chi connectivity index (χ1) is 15.2. The van der Waals surface area contributed by atoms with Crippen molar-refractivity contribution in [3.05, 3.63) is 95.6 Å². The molecule has 31 heavy (non-hydrogen) atoms. The molecule has 1 heterocycles. The molecule has 5 rings (SSSR count). The summed E-state index contributed by atoms with van der Waals surface area (Å²) in [5, 5.41) is 4.43. The molecule has 152 valence electrons. The first-order valence-electron chi connectivity index (χ1n) is 9.96. The van der Waals surface area contributed by atoms with Crippen molar-refractivity contribution >= 4 is 39.3 Å². The van der Waals surface area contributed by atoms with E-state index in [0.29, 0.717) is 28.4 Å². The summed E-state index contributed by atoms with van der Waals surface area (Å²) in [6.07, 6.45) is 3.68. The molecular weight excluding hydrogens is 388 g/mol. The van der Waals surface area contributed by atoms with Gasteiger partial charge >= 0.3 is 5.97 Å². The summed E-state index contributed by atoms with van der Waals surface area (Å²) in [5.41, 5.74) is 2.19. The largest absolute Gasteiger partial charge is 0.497 e. The summed E-state index contributed by atoms with van der Waals surface area (Å²) in [6.45, 7) is 0. The van der Waals surface area contributed by atoms with Crippen molar-refractivity contribution in [3.63, 3.8) is 0 Å². The minimum absolute atomic E-state index is 0.384. The predicted octanol–water partition coefficient (Wildman–Crippen LogP) is 5.99. The van der Waals surface area contributed by atoms with Crippen LogP contribution in [0, 0.1) is 0 Å². The average Bonchev–Trinajstić information content (AvgIpc) is 3.18. The Labute approximate surface area is 180 Å². The highest BCUT2D eigenvalue weighted by Gasteiger charge is 2.25. The normalized spacial score (nSPS) is 14.7. The molecule has 0 saturated heterocycles. The van der Waals surface area contributed by atoms with Crippen molar-refractivity contribution in [2.24, 2.45) is 0 Å². The second kappa shape index (κ2) is 7.65. The Balaban J connectivity index is 1.67. The number of carbonyl (C=O) groups excluding carboxylic acids is 1. The van der Waals surface area contributed by atoms with Gasteiger partial charge in [0.05, 0.1) is 25.4 Å². The molecule has 0 fully saturated rings. The summed E-state index contributed by atoms with van der Waals surface area (Å²) in [5.74, 6) is 1.32. The lowest BCUT2D eigenvalue weighted by molar-refractivity contribution is -0.130. The first-order valence-corrected chi connectivity index (χ1v) is 9.96. The molecule has 0 saturated carbocycles. The van der Waals surface area contributed by atoms with E-state index >= 15 is 0 Å². The maximum Gasteiger partial charge on any atom is 0.343 e. The third kappa shape index (κ3) is 3.32. The fourth-order valence-corrected chi connectivity index (χ4v) is 3.98. The van der Waals surface area contributed by atoms with Gasteiger partial charge in [0.2, 0.25) is 0 Å². The predicted molar refractivity (Wildman–Crippen MR) is 123 cm³/mol. The van der Waals surface area contributed by atoms with Crippen LogP contribution in [0.3, 0.4) is 0 Å². The Morgan fingerprint density at radius 1 is 0.806 bits per heavy atom. The number of fused-ring (bicyclic) bond motifs is 2. The van der Waals surface area contributed by atoms with Gasteiger partial charge < -0.3 is 14.2 Å². The number of methoxy groups -OCH3 is 2. The highest BCUT2D eigenvalue weighted by atomic mass is 16.5. The molecule has 1 aliphatic rings. The number of rotatable bonds is 4. The van der Waals surface area contributed by atoms with Crippen LogP contribution in [-0.4, -0.2) is 20.2 Å². The Hall–Kier alpha value is -4.05. The van der Waals surface area contributed by atoms with Crippen LogP contribution in [0.1, 0.15) is 11.1 Å². The summed E-state index contributed by atoms with van der Waals surface area (Å²) in [6, 6.07) is 24.0. The lowest BCUT2D eigenvalue weighted by Gasteiger charge is -2.10. The van der Waals surface area contributed by atoms with Crippen LogP contribution in [0.25, 0.3) is 33.4 Å². The molecule has 0 aliphatic carbocycles. The molecule has 0 amide bonds. The highest BCUT2D eigenvalue weighted by molar-refractivity contribution is 6.12. The monoisotopic (exact) mass is 408 g/mol. The number of hydrogen-bond acceptors (Lipinski definition) is 4. The Kier molecular flexibility index (Phi) is 4.68. The summed E-state index contributed by atoms with van der Waals surface area (Å²) in [7, 11) is 3.17. The van der Waals surface area contributed by atoms with Gasteiger partial charge in [-0.1, -0.05) is 48.5 Å². The fraction of sp³-hybridized carbons (Fsp3) is 0.0741. The van der Waals surface area contributed by atoms with Crippen molar-refractivity contribution in [3.8, 4) is 11.5 Å². The lowest BCUT2D eigenvalue weighted by atomic mass is 9.95. The summed E-state index contributed by atoms with van der Waals surface area (Å²) < 4.78 is 16.3. The van der Waals surface area contributed by atoms with Gasteiger partial charge in [0.25, 0.3) is 0 Å². The van der Waals surface area contributed by atoms with E-state index in [0.717, 1.165) is 27.1 Å². The second-order valence-corrected chi connectivity index (χ2v) is 7.30. The molecule has 0 N–H and O–H groups in total. The van der Waals surface area contributed by atoms with Crippen LogP contribution in [0.15, 0.2) is 84.4 Å².